The monoisotopic (exact) mass is 390 g/mol. The number of ether oxygens (including phenoxy) is 1. The average Bonchev–Trinajstić information content (AvgIpc) is 2.64. The van der Waals surface area contributed by atoms with Gasteiger partial charge in [0, 0.05) is 30.4 Å². The zero-order valence-electron chi connectivity index (χ0n) is 14.8. The lowest BCUT2D eigenvalue weighted by molar-refractivity contribution is -0.140. The Balaban J connectivity index is 1.32. The SMILES string of the molecule is Fc1ccc(O[C@H]2C[C@H](NCc3cccc4cnccc34)C2)cc1C(F)(F)F. The van der Waals surface area contributed by atoms with Crippen molar-refractivity contribution >= 4 is 10.8 Å². The van der Waals surface area contributed by atoms with Gasteiger partial charge in [-0.05, 0) is 48.1 Å². The van der Waals surface area contributed by atoms with Gasteiger partial charge in [0.15, 0.2) is 0 Å². The van der Waals surface area contributed by atoms with Gasteiger partial charge in [-0.3, -0.25) is 4.98 Å². The molecule has 146 valence electrons. The van der Waals surface area contributed by atoms with Crippen molar-refractivity contribution in [1.82, 2.24) is 10.3 Å². The Kier molecular flexibility index (Phi) is 4.93. The summed E-state index contributed by atoms with van der Waals surface area (Å²) in [6.07, 6.45) is 0.0405. The van der Waals surface area contributed by atoms with Crippen LogP contribution >= 0.6 is 0 Å². The van der Waals surface area contributed by atoms with E-state index >= 15 is 0 Å². The lowest BCUT2D eigenvalue weighted by Crippen LogP contribution is -2.46. The molecule has 3 aromatic rings. The van der Waals surface area contributed by atoms with E-state index in [4.69, 9.17) is 4.74 Å². The van der Waals surface area contributed by atoms with Crippen molar-refractivity contribution in [3.8, 4) is 5.75 Å². The van der Waals surface area contributed by atoms with Crippen LogP contribution in [-0.4, -0.2) is 17.1 Å². The minimum absolute atomic E-state index is 0.0405. The van der Waals surface area contributed by atoms with Crippen LogP contribution in [0.5, 0.6) is 5.75 Å². The number of nitrogens with zero attached hydrogens (tertiary/aromatic N) is 1. The first-order chi connectivity index (χ1) is 13.4. The maximum atomic E-state index is 13.3. The van der Waals surface area contributed by atoms with E-state index in [9.17, 15) is 17.6 Å². The topological polar surface area (TPSA) is 34.1 Å². The van der Waals surface area contributed by atoms with Crippen molar-refractivity contribution < 1.29 is 22.3 Å². The lowest BCUT2D eigenvalue weighted by Gasteiger charge is -2.36. The van der Waals surface area contributed by atoms with E-state index in [1.807, 2.05) is 24.4 Å². The Hall–Kier alpha value is -2.67. The van der Waals surface area contributed by atoms with Gasteiger partial charge in [-0.25, -0.2) is 4.39 Å². The van der Waals surface area contributed by atoms with Gasteiger partial charge in [-0.15, -0.1) is 0 Å². The molecule has 0 radical (unpaired) electrons. The fourth-order valence-electron chi connectivity index (χ4n) is 3.41. The fraction of sp³-hybridized carbons (Fsp3) is 0.286. The number of nitrogens with one attached hydrogen (secondary N) is 1. The highest BCUT2D eigenvalue weighted by molar-refractivity contribution is 5.84. The number of aromatic nitrogens is 1. The zero-order valence-corrected chi connectivity index (χ0v) is 14.8. The fourth-order valence-corrected chi connectivity index (χ4v) is 3.41. The molecule has 0 unspecified atom stereocenters. The quantitative estimate of drug-likeness (QED) is 0.616. The van der Waals surface area contributed by atoms with E-state index in [1.165, 1.54) is 6.07 Å². The Labute approximate surface area is 159 Å². The minimum atomic E-state index is -4.73. The summed E-state index contributed by atoms with van der Waals surface area (Å²) >= 11 is 0. The molecule has 1 aromatic heterocycles. The van der Waals surface area contributed by atoms with Gasteiger partial charge in [0.25, 0.3) is 0 Å². The van der Waals surface area contributed by atoms with Crippen LogP contribution in [0.25, 0.3) is 10.8 Å². The number of fused-ring (bicyclic) bond motifs is 1. The Morgan fingerprint density at radius 1 is 1.11 bits per heavy atom. The van der Waals surface area contributed by atoms with Crippen molar-refractivity contribution in [1.29, 1.82) is 0 Å². The van der Waals surface area contributed by atoms with Crippen molar-refractivity contribution in [3.05, 3.63) is 71.8 Å². The van der Waals surface area contributed by atoms with Crippen LogP contribution in [-0.2, 0) is 12.7 Å². The molecule has 7 heteroatoms. The summed E-state index contributed by atoms with van der Waals surface area (Å²) in [4.78, 5) is 4.12. The molecule has 2 aromatic carbocycles. The number of rotatable bonds is 5. The summed E-state index contributed by atoms with van der Waals surface area (Å²) in [6.45, 7) is 0.688. The Bertz CT molecular complexity index is 978. The predicted molar refractivity (Wildman–Crippen MR) is 97.4 cm³/mol. The van der Waals surface area contributed by atoms with Crippen LogP contribution in [0.2, 0.25) is 0 Å². The molecule has 1 N–H and O–H groups in total. The van der Waals surface area contributed by atoms with Gasteiger partial charge < -0.3 is 10.1 Å². The van der Waals surface area contributed by atoms with Gasteiger partial charge >= 0.3 is 6.18 Å². The van der Waals surface area contributed by atoms with Crippen LogP contribution in [0.3, 0.4) is 0 Å². The van der Waals surface area contributed by atoms with Gasteiger partial charge in [0.05, 0.1) is 5.56 Å². The van der Waals surface area contributed by atoms with Crippen molar-refractivity contribution in [2.24, 2.45) is 0 Å². The largest absolute Gasteiger partial charge is 0.490 e. The first kappa shape index (κ1) is 18.7. The standard InChI is InChI=1S/C21H18F4N2O/c22-20-5-4-16(10-19(20)21(23,24)25)28-17-8-15(9-17)27-12-14-3-1-2-13-11-26-7-6-18(13)14/h1-7,10-11,15,17,27H,8-9,12H2/t15-,17-. The number of benzene rings is 2. The first-order valence-electron chi connectivity index (χ1n) is 8.98. The minimum Gasteiger partial charge on any atom is -0.490 e. The molecule has 1 aliphatic rings. The van der Waals surface area contributed by atoms with E-state index in [0.717, 1.165) is 28.5 Å². The first-order valence-corrected chi connectivity index (χ1v) is 8.98. The van der Waals surface area contributed by atoms with E-state index in [0.29, 0.717) is 19.4 Å². The number of halogens is 4. The second-order valence-corrected chi connectivity index (χ2v) is 6.94. The number of hydrogen-bond donors (Lipinski definition) is 1. The van der Waals surface area contributed by atoms with Gasteiger partial charge in [0.1, 0.15) is 17.7 Å². The molecule has 0 atom stereocenters. The maximum Gasteiger partial charge on any atom is 0.419 e. The summed E-state index contributed by atoms with van der Waals surface area (Å²) in [6, 6.07) is 11.0. The molecule has 0 bridgehead atoms. The maximum absolute atomic E-state index is 13.3. The van der Waals surface area contributed by atoms with Gasteiger partial charge in [0.2, 0.25) is 0 Å². The smallest absolute Gasteiger partial charge is 0.419 e. The molecule has 1 aliphatic carbocycles. The third kappa shape index (κ3) is 3.94. The second-order valence-electron chi connectivity index (χ2n) is 6.94. The Morgan fingerprint density at radius 3 is 2.71 bits per heavy atom. The van der Waals surface area contributed by atoms with Gasteiger partial charge in [-0.2, -0.15) is 13.2 Å². The number of hydrogen-bond acceptors (Lipinski definition) is 3. The van der Waals surface area contributed by atoms with Crippen LogP contribution in [0.4, 0.5) is 17.6 Å². The van der Waals surface area contributed by atoms with E-state index in [-0.39, 0.29) is 17.9 Å². The van der Waals surface area contributed by atoms with Crippen LogP contribution < -0.4 is 10.1 Å². The summed E-state index contributed by atoms with van der Waals surface area (Å²) in [5, 5.41) is 5.67. The third-order valence-electron chi connectivity index (χ3n) is 4.99. The molecule has 1 fully saturated rings. The lowest BCUT2D eigenvalue weighted by atomic mass is 9.89. The molecule has 0 saturated heterocycles. The molecule has 1 saturated carbocycles. The summed E-state index contributed by atoms with van der Waals surface area (Å²) in [5.41, 5.74) is -0.137. The summed E-state index contributed by atoms with van der Waals surface area (Å²) in [5.74, 6) is -1.25. The van der Waals surface area contributed by atoms with Crippen LogP contribution in [0.1, 0.15) is 24.0 Å². The van der Waals surface area contributed by atoms with E-state index in [1.54, 1.807) is 6.20 Å². The predicted octanol–water partition coefficient (Wildman–Crippen LogP) is 5.09. The summed E-state index contributed by atoms with van der Waals surface area (Å²) < 4.78 is 57.3. The zero-order chi connectivity index (χ0) is 19.7. The molecular formula is C21H18F4N2O. The molecule has 0 amide bonds. The molecule has 3 nitrogen and oxygen atoms in total. The molecule has 4 rings (SSSR count). The Morgan fingerprint density at radius 2 is 1.93 bits per heavy atom. The highest BCUT2D eigenvalue weighted by atomic mass is 19.4. The average molecular weight is 390 g/mol. The normalized spacial score (nSPS) is 19.4. The van der Waals surface area contributed by atoms with Crippen molar-refractivity contribution in [2.45, 2.75) is 37.7 Å². The van der Waals surface area contributed by atoms with Crippen LogP contribution in [0, 0.1) is 5.82 Å². The number of pyridine rings is 1. The molecule has 0 aliphatic heterocycles. The summed E-state index contributed by atoms with van der Waals surface area (Å²) in [7, 11) is 0. The van der Waals surface area contributed by atoms with Crippen molar-refractivity contribution in [3.63, 3.8) is 0 Å². The van der Waals surface area contributed by atoms with Crippen molar-refractivity contribution in [2.75, 3.05) is 0 Å². The van der Waals surface area contributed by atoms with Crippen LogP contribution in [0.15, 0.2) is 54.9 Å². The highest BCUT2D eigenvalue weighted by Crippen LogP contribution is 2.35. The van der Waals surface area contributed by atoms with E-state index in [2.05, 4.69) is 16.4 Å². The molecular weight excluding hydrogens is 372 g/mol. The molecule has 28 heavy (non-hydrogen) atoms. The molecule has 1 heterocycles. The highest BCUT2D eigenvalue weighted by Gasteiger charge is 2.35. The van der Waals surface area contributed by atoms with Gasteiger partial charge in [-0.1, -0.05) is 18.2 Å². The second kappa shape index (κ2) is 7.39. The van der Waals surface area contributed by atoms with E-state index < -0.39 is 17.6 Å². The number of alkyl halides is 3. The molecule has 0 spiro atoms. The third-order valence-corrected chi connectivity index (χ3v) is 4.99.